The van der Waals surface area contributed by atoms with E-state index in [-0.39, 0.29) is 18.2 Å². The molecule has 1 saturated carbocycles. The van der Waals surface area contributed by atoms with Crippen molar-refractivity contribution in [2.45, 2.75) is 18.6 Å². The third-order valence-corrected chi connectivity index (χ3v) is 4.40. The highest BCUT2D eigenvalue weighted by molar-refractivity contribution is 7.89. The van der Waals surface area contributed by atoms with Gasteiger partial charge in [0.15, 0.2) is 9.84 Å². The number of hydrogen-bond acceptors (Lipinski definition) is 4. The SMILES string of the molecule is CS(=O)(=O)Cc1ccc(C(=O)NCC2(C(=O)O)CC2)cc1. The normalized spacial score (nSPS) is 16.2. The van der Waals surface area contributed by atoms with Crippen LogP contribution in [0, 0.1) is 5.41 Å². The Labute approximate surface area is 123 Å². The highest BCUT2D eigenvalue weighted by Gasteiger charge is 2.50. The van der Waals surface area contributed by atoms with Crippen LogP contribution in [-0.2, 0) is 20.4 Å². The molecule has 2 rings (SSSR count). The van der Waals surface area contributed by atoms with Crippen molar-refractivity contribution in [3.8, 4) is 0 Å². The lowest BCUT2D eigenvalue weighted by molar-refractivity contribution is -0.143. The maximum absolute atomic E-state index is 11.9. The van der Waals surface area contributed by atoms with Crippen LogP contribution >= 0.6 is 0 Å². The Morgan fingerprint density at radius 2 is 1.81 bits per heavy atom. The standard InChI is InChI=1S/C14H17NO5S/c1-21(19,20)8-10-2-4-11(5-3-10)12(16)15-9-14(6-7-14)13(17)18/h2-5H,6-9H2,1H3,(H,15,16)(H,17,18). The van der Waals surface area contributed by atoms with Crippen LogP contribution < -0.4 is 5.32 Å². The van der Waals surface area contributed by atoms with Gasteiger partial charge in [-0.1, -0.05) is 12.1 Å². The number of carboxylic acids is 1. The molecule has 1 amide bonds. The van der Waals surface area contributed by atoms with Crippen molar-refractivity contribution in [2.75, 3.05) is 12.8 Å². The predicted octanol–water partition coefficient (Wildman–Crippen LogP) is 0.826. The maximum atomic E-state index is 11.9. The van der Waals surface area contributed by atoms with E-state index >= 15 is 0 Å². The van der Waals surface area contributed by atoms with Crippen LogP contribution in [-0.4, -0.2) is 38.2 Å². The zero-order chi connectivity index (χ0) is 15.7. The molecule has 21 heavy (non-hydrogen) atoms. The number of amides is 1. The Bertz CT molecular complexity index is 659. The molecular formula is C14H17NO5S. The summed E-state index contributed by atoms with van der Waals surface area (Å²) in [5.74, 6) is -1.31. The van der Waals surface area contributed by atoms with Gasteiger partial charge in [-0.05, 0) is 30.5 Å². The Hall–Kier alpha value is -1.89. The van der Waals surface area contributed by atoms with E-state index in [4.69, 9.17) is 5.11 Å². The number of benzene rings is 1. The van der Waals surface area contributed by atoms with E-state index in [0.717, 1.165) is 6.26 Å². The van der Waals surface area contributed by atoms with Gasteiger partial charge in [-0.2, -0.15) is 0 Å². The largest absolute Gasteiger partial charge is 0.481 e. The predicted molar refractivity (Wildman–Crippen MR) is 76.6 cm³/mol. The van der Waals surface area contributed by atoms with Crippen LogP contribution in [0.1, 0.15) is 28.8 Å². The van der Waals surface area contributed by atoms with E-state index in [1.54, 1.807) is 12.1 Å². The molecule has 7 heteroatoms. The second kappa shape index (κ2) is 5.48. The number of carbonyl (C=O) groups excluding carboxylic acids is 1. The van der Waals surface area contributed by atoms with Gasteiger partial charge in [0.2, 0.25) is 0 Å². The molecule has 1 aromatic rings. The van der Waals surface area contributed by atoms with Crippen LogP contribution in [0.15, 0.2) is 24.3 Å². The first-order valence-electron chi connectivity index (χ1n) is 6.50. The minimum atomic E-state index is -3.11. The number of carbonyl (C=O) groups is 2. The molecule has 0 aromatic heterocycles. The average Bonchev–Trinajstić information content (AvgIpc) is 3.16. The molecule has 2 N–H and O–H groups in total. The Morgan fingerprint density at radius 3 is 2.24 bits per heavy atom. The molecule has 0 atom stereocenters. The van der Waals surface area contributed by atoms with Gasteiger partial charge in [-0.25, -0.2) is 8.42 Å². The summed E-state index contributed by atoms with van der Waals surface area (Å²) in [6, 6.07) is 6.24. The molecule has 6 nitrogen and oxygen atoms in total. The van der Waals surface area contributed by atoms with E-state index < -0.39 is 21.2 Å². The Morgan fingerprint density at radius 1 is 1.24 bits per heavy atom. The van der Waals surface area contributed by atoms with Gasteiger partial charge in [0, 0.05) is 18.4 Å². The number of aliphatic carboxylic acids is 1. The molecule has 1 fully saturated rings. The Balaban J connectivity index is 1.96. The summed E-state index contributed by atoms with van der Waals surface area (Å²) in [4.78, 5) is 22.9. The fourth-order valence-electron chi connectivity index (χ4n) is 2.02. The smallest absolute Gasteiger partial charge is 0.311 e. The van der Waals surface area contributed by atoms with Crippen molar-refractivity contribution < 1.29 is 23.1 Å². The molecular weight excluding hydrogens is 294 g/mol. The Kier molecular flexibility index (Phi) is 4.04. The van der Waals surface area contributed by atoms with E-state index in [0.29, 0.717) is 24.0 Å². The minimum Gasteiger partial charge on any atom is -0.481 e. The van der Waals surface area contributed by atoms with Gasteiger partial charge in [-0.15, -0.1) is 0 Å². The first kappa shape index (κ1) is 15.5. The third-order valence-electron chi connectivity index (χ3n) is 3.54. The number of carboxylic acid groups (broad SMARTS) is 1. The molecule has 0 unspecified atom stereocenters. The lowest BCUT2D eigenvalue weighted by atomic mass is 10.1. The fourth-order valence-corrected chi connectivity index (χ4v) is 2.82. The highest BCUT2D eigenvalue weighted by atomic mass is 32.2. The molecule has 1 aliphatic carbocycles. The van der Waals surface area contributed by atoms with Gasteiger partial charge in [-0.3, -0.25) is 9.59 Å². The van der Waals surface area contributed by atoms with Crippen molar-refractivity contribution in [3.05, 3.63) is 35.4 Å². The van der Waals surface area contributed by atoms with Gasteiger partial charge in [0.1, 0.15) is 0 Å². The molecule has 1 aliphatic rings. The quantitative estimate of drug-likeness (QED) is 0.810. The molecule has 0 saturated heterocycles. The molecule has 0 heterocycles. The van der Waals surface area contributed by atoms with Crippen molar-refractivity contribution in [3.63, 3.8) is 0 Å². The highest BCUT2D eigenvalue weighted by Crippen LogP contribution is 2.45. The summed E-state index contributed by atoms with van der Waals surface area (Å²) in [7, 11) is -3.11. The van der Waals surface area contributed by atoms with Crippen molar-refractivity contribution >= 4 is 21.7 Å². The monoisotopic (exact) mass is 311 g/mol. The van der Waals surface area contributed by atoms with E-state index in [2.05, 4.69) is 5.32 Å². The molecule has 0 radical (unpaired) electrons. The van der Waals surface area contributed by atoms with Crippen LogP contribution in [0.4, 0.5) is 0 Å². The number of rotatable bonds is 6. The minimum absolute atomic E-state index is 0.0724. The topological polar surface area (TPSA) is 101 Å². The van der Waals surface area contributed by atoms with Crippen LogP contribution in [0.2, 0.25) is 0 Å². The first-order chi connectivity index (χ1) is 9.72. The number of nitrogens with one attached hydrogen (secondary N) is 1. The lowest BCUT2D eigenvalue weighted by Gasteiger charge is -2.11. The van der Waals surface area contributed by atoms with E-state index in [1.807, 2.05) is 0 Å². The van der Waals surface area contributed by atoms with E-state index in [9.17, 15) is 18.0 Å². The van der Waals surface area contributed by atoms with Crippen LogP contribution in [0.3, 0.4) is 0 Å². The zero-order valence-electron chi connectivity index (χ0n) is 11.6. The van der Waals surface area contributed by atoms with Crippen molar-refractivity contribution in [1.29, 1.82) is 0 Å². The zero-order valence-corrected chi connectivity index (χ0v) is 12.4. The summed E-state index contributed by atoms with van der Waals surface area (Å²) < 4.78 is 22.3. The van der Waals surface area contributed by atoms with Gasteiger partial charge >= 0.3 is 5.97 Å². The average molecular weight is 311 g/mol. The van der Waals surface area contributed by atoms with Crippen LogP contribution in [0.25, 0.3) is 0 Å². The summed E-state index contributed by atoms with van der Waals surface area (Å²) in [6.07, 6.45) is 2.31. The summed E-state index contributed by atoms with van der Waals surface area (Å²) >= 11 is 0. The van der Waals surface area contributed by atoms with Gasteiger partial charge in [0.05, 0.1) is 11.2 Å². The second-order valence-electron chi connectivity index (χ2n) is 5.54. The van der Waals surface area contributed by atoms with Gasteiger partial charge in [0.25, 0.3) is 5.91 Å². The van der Waals surface area contributed by atoms with Crippen molar-refractivity contribution in [1.82, 2.24) is 5.32 Å². The molecule has 0 aliphatic heterocycles. The van der Waals surface area contributed by atoms with E-state index in [1.165, 1.54) is 12.1 Å². The summed E-state index contributed by atoms with van der Waals surface area (Å²) in [5.41, 5.74) is 0.193. The first-order valence-corrected chi connectivity index (χ1v) is 8.56. The van der Waals surface area contributed by atoms with Gasteiger partial charge < -0.3 is 10.4 Å². The molecule has 114 valence electrons. The summed E-state index contributed by atoms with van der Waals surface area (Å²) in [6.45, 7) is 0.117. The van der Waals surface area contributed by atoms with Crippen molar-refractivity contribution in [2.24, 2.45) is 5.41 Å². The third kappa shape index (κ3) is 4.04. The second-order valence-corrected chi connectivity index (χ2v) is 7.68. The molecule has 0 spiro atoms. The molecule has 1 aromatic carbocycles. The maximum Gasteiger partial charge on any atom is 0.311 e. The summed E-state index contributed by atoms with van der Waals surface area (Å²) in [5, 5.41) is 11.6. The number of sulfone groups is 1. The number of hydrogen-bond donors (Lipinski definition) is 2. The van der Waals surface area contributed by atoms with Crippen LogP contribution in [0.5, 0.6) is 0 Å². The fraction of sp³-hybridized carbons (Fsp3) is 0.429. The molecule has 0 bridgehead atoms. The lowest BCUT2D eigenvalue weighted by Crippen LogP contribution is -2.34.